The summed E-state index contributed by atoms with van der Waals surface area (Å²) in [6, 6.07) is 9.70. The van der Waals surface area contributed by atoms with E-state index in [1.54, 1.807) is 0 Å². The molecule has 2 heterocycles. The molecule has 0 atom stereocenters. The Hall–Kier alpha value is -2.36. The lowest BCUT2D eigenvalue weighted by molar-refractivity contribution is -1.00. The zero-order chi connectivity index (χ0) is 15.5. The Bertz CT molecular complexity index is 701. The molecule has 0 amide bonds. The summed E-state index contributed by atoms with van der Waals surface area (Å²) in [5.41, 5.74) is 1.91. The molecule has 0 saturated carbocycles. The number of aliphatic hydroxyl groups is 1. The van der Waals surface area contributed by atoms with E-state index in [2.05, 4.69) is 23.1 Å². The summed E-state index contributed by atoms with van der Waals surface area (Å²) in [5, 5.41) is 19.8. The zero-order valence-corrected chi connectivity index (χ0v) is 12.7. The molecule has 0 unspecified atom stereocenters. The minimum atomic E-state index is 0.121. The van der Waals surface area contributed by atoms with Gasteiger partial charge in [0.2, 0.25) is 0 Å². The smallest absolute Gasteiger partial charge is 0.169 e. The van der Waals surface area contributed by atoms with Crippen molar-refractivity contribution in [1.82, 2.24) is 9.97 Å². The third-order valence-corrected chi connectivity index (χ3v) is 4.25. The van der Waals surface area contributed by atoms with Crippen molar-refractivity contribution in [2.75, 3.05) is 39.8 Å². The molecule has 114 valence electrons. The Labute approximate surface area is 129 Å². The number of fused-ring (bicyclic) bond motifs is 1. The number of aromatic amines is 1. The van der Waals surface area contributed by atoms with Crippen LogP contribution in [0.1, 0.15) is 5.82 Å². The number of H-pyrrole nitrogens is 1. The maximum atomic E-state index is 10.4. The van der Waals surface area contributed by atoms with Crippen LogP contribution in [0.15, 0.2) is 30.0 Å². The van der Waals surface area contributed by atoms with Crippen molar-refractivity contribution in [3.63, 3.8) is 0 Å². The molecule has 1 fully saturated rings. The Balaban J connectivity index is 1.83. The molecule has 6 nitrogen and oxygen atoms in total. The second-order valence-electron chi connectivity index (χ2n) is 5.92. The molecule has 3 rings (SSSR count). The fourth-order valence-electron chi connectivity index (χ4n) is 2.86. The van der Waals surface area contributed by atoms with E-state index in [0.29, 0.717) is 12.4 Å². The van der Waals surface area contributed by atoms with Crippen LogP contribution in [0.4, 0.5) is 0 Å². The minimum absolute atomic E-state index is 0.121. The van der Waals surface area contributed by atoms with Crippen molar-refractivity contribution in [2.45, 2.75) is 0 Å². The number of allylic oxidation sites excluding steroid dienone is 1. The van der Waals surface area contributed by atoms with E-state index in [1.165, 1.54) is 9.80 Å². The standard InChI is InChI=1S/C16H19N5O/c1-20-6-8-21(9-7-20)11-15(22)12(10-17)16-18-13-4-2-3-5-14(13)19-16/h2-5,22H,6-9,11H2,1H3,(H,18,19)/p+2. The number of nitrogens with one attached hydrogen (secondary N) is 3. The normalized spacial score (nSPS) is 23.1. The van der Waals surface area contributed by atoms with Gasteiger partial charge in [0.15, 0.2) is 11.6 Å². The van der Waals surface area contributed by atoms with Gasteiger partial charge in [-0.15, -0.1) is 0 Å². The van der Waals surface area contributed by atoms with Gasteiger partial charge in [-0.1, -0.05) is 12.1 Å². The van der Waals surface area contributed by atoms with E-state index in [-0.39, 0.29) is 11.3 Å². The number of quaternary nitrogens is 2. The summed E-state index contributed by atoms with van der Waals surface area (Å²) < 4.78 is 0. The SMILES string of the molecule is C[NH+]1CC[NH+](CC(O)=C(C#N)c2nc3ccccc3[nH]2)CC1. The lowest BCUT2D eigenvalue weighted by Crippen LogP contribution is -3.27. The number of para-hydroxylation sites is 2. The Kier molecular flexibility index (Phi) is 4.09. The number of likely N-dealkylation sites (N-methyl/N-ethyl adjacent to an activating group) is 1. The highest BCUT2D eigenvalue weighted by Gasteiger charge is 2.23. The molecule has 1 aliphatic rings. The van der Waals surface area contributed by atoms with Crippen molar-refractivity contribution in [3.05, 3.63) is 35.8 Å². The molecular formula is C16H21N5O+2. The average Bonchev–Trinajstić information content (AvgIpc) is 2.94. The summed E-state index contributed by atoms with van der Waals surface area (Å²) in [5.74, 6) is 0.566. The fourth-order valence-corrected chi connectivity index (χ4v) is 2.86. The summed E-state index contributed by atoms with van der Waals surface area (Å²) in [7, 11) is 2.18. The number of nitrogens with zero attached hydrogens (tertiary/aromatic N) is 2. The van der Waals surface area contributed by atoms with Crippen LogP contribution in [0.3, 0.4) is 0 Å². The maximum absolute atomic E-state index is 10.4. The maximum Gasteiger partial charge on any atom is 0.169 e. The largest absolute Gasteiger partial charge is 0.506 e. The minimum Gasteiger partial charge on any atom is -0.506 e. The first-order chi connectivity index (χ1) is 10.7. The molecule has 0 spiro atoms. The number of hydrogen-bond donors (Lipinski definition) is 4. The van der Waals surface area contributed by atoms with E-state index in [1.807, 2.05) is 24.3 Å². The first-order valence-electron chi connectivity index (χ1n) is 7.59. The van der Waals surface area contributed by atoms with Crippen LogP contribution >= 0.6 is 0 Å². The molecular weight excluding hydrogens is 278 g/mol. The van der Waals surface area contributed by atoms with Gasteiger partial charge in [0, 0.05) is 0 Å². The number of piperazine rings is 1. The van der Waals surface area contributed by atoms with Gasteiger partial charge in [-0.3, -0.25) is 0 Å². The second-order valence-corrected chi connectivity index (χ2v) is 5.92. The molecule has 0 radical (unpaired) electrons. The van der Waals surface area contributed by atoms with Crippen LogP contribution in [0.25, 0.3) is 16.6 Å². The van der Waals surface area contributed by atoms with E-state index < -0.39 is 0 Å². The number of nitriles is 1. The third kappa shape index (κ3) is 2.96. The lowest BCUT2D eigenvalue weighted by Gasteiger charge is -2.27. The van der Waals surface area contributed by atoms with Crippen LogP contribution in [0, 0.1) is 11.3 Å². The van der Waals surface area contributed by atoms with Crippen LogP contribution in [0.5, 0.6) is 0 Å². The molecule has 1 saturated heterocycles. The van der Waals surface area contributed by atoms with E-state index in [0.717, 1.165) is 37.2 Å². The number of rotatable bonds is 3. The first kappa shape index (κ1) is 14.6. The summed E-state index contributed by atoms with van der Waals surface area (Å²) in [4.78, 5) is 10.3. The fraction of sp³-hybridized carbons (Fsp3) is 0.375. The first-order valence-corrected chi connectivity index (χ1v) is 7.59. The molecule has 0 aliphatic carbocycles. The zero-order valence-electron chi connectivity index (χ0n) is 12.7. The topological polar surface area (TPSA) is 81.6 Å². The third-order valence-electron chi connectivity index (χ3n) is 4.25. The van der Waals surface area contributed by atoms with Crippen molar-refractivity contribution in [2.24, 2.45) is 0 Å². The van der Waals surface area contributed by atoms with Crippen molar-refractivity contribution in [1.29, 1.82) is 5.26 Å². The summed E-state index contributed by atoms with van der Waals surface area (Å²) in [6.07, 6.45) is 0. The van der Waals surface area contributed by atoms with Crippen molar-refractivity contribution >= 4 is 16.6 Å². The van der Waals surface area contributed by atoms with Gasteiger partial charge in [0.1, 0.15) is 44.4 Å². The van der Waals surface area contributed by atoms with Gasteiger partial charge in [-0.2, -0.15) is 5.26 Å². The molecule has 22 heavy (non-hydrogen) atoms. The molecule has 4 N–H and O–H groups in total. The average molecular weight is 299 g/mol. The van der Waals surface area contributed by atoms with Crippen molar-refractivity contribution in [3.8, 4) is 6.07 Å². The quantitative estimate of drug-likeness (QED) is 0.423. The highest BCUT2D eigenvalue weighted by molar-refractivity contribution is 5.82. The van der Waals surface area contributed by atoms with Gasteiger partial charge in [0.05, 0.1) is 18.1 Å². The van der Waals surface area contributed by atoms with Crippen LogP contribution in [-0.2, 0) is 0 Å². The highest BCUT2D eigenvalue weighted by Crippen LogP contribution is 2.17. The molecule has 2 aromatic rings. The van der Waals surface area contributed by atoms with E-state index in [4.69, 9.17) is 0 Å². The lowest BCUT2D eigenvalue weighted by atomic mass is 10.2. The van der Waals surface area contributed by atoms with Crippen LogP contribution < -0.4 is 9.80 Å². The number of hydrogen-bond acceptors (Lipinski definition) is 3. The summed E-state index contributed by atoms with van der Waals surface area (Å²) in [6.45, 7) is 4.68. The number of aromatic nitrogens is 2. The van der Waals surface area contributed by atoms with Crippen LogP contribution in [0.2, 0.25) is 0 Å². The highest BCUT2D eigenvalue weighted by atomic mass is 16.3. The molecule has 6 heteroatoms. The van der Waals surface area contributed by atoms with Gasteiger partial charge in [0.25, 0.3) is 0 Å². The molecule has 0 bridgehead atoms. The molecule has 1 aromatic carbocycles. The van der Waals surface area contributed by atoms with Gasteiger partial charge in [-0.25, -0.2) is 4.98 Å². The number of benzene rings is 1. The molecule has 1 aliphatic heterocycles. The Morgan fingerprint density at radius 3 is 2.73 bits per heavy atom. The number of aliphatic hydroxyl groups excluding tert-OH is 1. The van der Waals surface area contributed by atoms with Crippen molar-refractivity contribution < 1.29 is 14.9 Å². The summed E-state index contributed by atoms with van der Waals surface area (Å²) >= 11 is 0. The van der Waals surface area contributed by atoms with Gasteiger partial charge < -0.3 is 19.9 Å². The van der Waals surface area contributed by atoms with Crippen LogP contribution in [-0.4, -0.2) is 54.8 Å². The molecule has 1 aromatic heterocycles. The predicted molar refractivity (Wildman–Crippen MR) is 83.4 cm³/mol. The number of imidazole rings is 1. The Morgan fingerprint density at radius 2 is 2.05 bits per heavy atom. The van der Waals surface area contributed by atoms with Gasteiger partial charge in [-0.05, 0) is 12.1 Å². The second kappa shape index (κ2) is 6.18. The van der Waals surface area contributed by atoms with E-state index in [9.17, 15) is 10.4 Å². The van der Waals surface area contributed by atoms with Gasteiger partial charge >= 0.3 is 0 Å². The monoisotopic (exact) mass is 299 g/mol. The Morgan fingerprint density at radius 1 is 1.32 bits per heavy atom. The predicted octanol–water partition coefficient (Wildman–Crippen LogP) is -1.23. The van der Waals surface area contributed by atoms with E-state index >= 15 is 0 Å².